The molecule has 19 heavy (non-hydrogen) atoms. The Morgan fingerprint density at radius 3 is 2.58 bits per heavy atom. The molecule has 2 rings (SSSR count). The maximum atomic E-state index is 10.1. The number of ether oxygens (including phenoxy) is 2. The minimum absolute atomic E-state index is 0.0815. The first-order valence-corrected chi connectivity index (χ1v) is 6.93. The van der Waals surface area contributed by atoms with Gasteiger partial charge >= 0.3 is 0 Å². The summed E-state index contributed by atoms with van der Waals surface area (Å²) in [6.45, 7) is 1.97. The third kappa shape index (κ3) is 3.37. The fraction of sp³-hybridized carbons (Fsp3) is 0.733. The van der Waals surface area contributed by atoms with E-state index in [-0.39, 0.29) is 24.4 Å². The van der Waals surface area contributed by atoms with Gasteiger partial charge < -0.3 is 19.7 Å². The predicted molar refractivity (Wildman–Crippen MR) is 71.5 cm³/mol. The van der Waals surface area contributed by atoms with Crippen molar-refractivity contribution in [1.29, 1.82) is 0 Å². The fourth-order valence-corrected chi connectivity index (χ4v) is 2.85. The molecule has 4 nitrogen and oxygen atoms in total. The highest BCUT2D eigenvalue weighted by molar-refractivity contribution is 5.09. The van der Waals surface area contributed by atoms with E-state index >= 15 is 0 Å². The Morgan fingerprint density at radius 2 is 1.89 bits per heavy atom. The van der Waals surface area contributed by atoms with Crippen molar-refractivity contribution in [1.82, 2.24) is 0 Å². The maximum absolute atomic E-state index is 10.1. The molecule has 2 bridgehead atoms. The minimum atomic E-state index is -0.631. The van der Waals surface area contributed by atoms with Crippen LogP contribution in [-0.2, 0) is 9.47 Å². The Hall–Kier alpha value is -0.860. The molecule has 2 aliphatic rings. The Labute approximate surface area is 114 Å². The largest absolute Gasteiger partial charge is 0.390 e. The number of allylic oxidation sites excluding steroid dienone is 1. The maximum Gasteiger partial charge on any atom is 0.0877 e. The topological polar surface area (TPSA) is 58.9 Å². The van der Waals surface area contributed by atoms with Gasteiger partial charge in [-0.15, -0.1) is 6.42 Å². The van der Waals surface area contributed by atoms with Crippen LogP contribution < -0.4 is 0 Å². The summed E-state index contributed by atoms with van der Waals surface area (Å²) in [7, 11) is 0. The molecule has 0 radical (unpaired) electrons. The molecule has 0 spiro atoms. The lowest BCUT2D eigenvalue weighted by molar-refractivity contribution is -0.102. The summed E-state index contributed by atoms with van der Waals surface area (Å²) in [5, 5.41) is 20.1. The first-order valence-electron chi connectivity index (χ1n) is 6.93. The molecular formula is C15H22O4. The van der Waals surface area contributed by atoms with Gasteiger partial charge in [-0.1, -0.05) is 18.9 Å². The van der Waals surface area contributed by atoms with Crippen LogP contribution in [0.4, 0.5) is 0 Å². The second-order valence-corrected chi connectivity index (χ2v) is 5.25. The van der Waals surface area contributed by atoms with Gasteiger partial charge in [-0.2, -0.15) is 0 Å². The van der Waals surface area contributed by atoms with Gasteiger partial charge in [0.25, 0.3) is 0 Å². The molecule has 0 aliphatic carbocycles. The van der Waals surface area contributed by atoms with Crippen LogP contribution in [-0.4, -0.2) is 46.8 Å². The van der Waals surface area contributed by atoms with Crippen LogP contribution in [0.15, 0.2) is 12.2 Å². The zero-order valence-electron chi connectivity index (χ0n) is 11.2. The van der Waals surface area contributed by atoms with Gasteiger partial charge in [0.2, 0.25) is 0 Å². The molecule has 2 saturated heterocycles. The van der Waals surface area contributed by atoms with Crippen LogP contribution in [0.2, 0.25) is 0 Å². The number of rotatable bonds is 3. The van der Waals surface area contributed by atoms with Gasteiger partial charge in [0.05, 0.1) is 36.6 Å². The zero-order chi connectivity index (χ0) is 13.8. The molecule has 2 aliphatic heterocycles. The van der Waals surface area contributed by atoms with Crippen molar-refractivity contribution in [2.45, 2.75) is 69.2 Å². The summed E-state index contributed by atoms with van der Waals surface area (Å²) in [4.78, 5) is 0. The highest BCUT2D eigenvalue weighted by Gasteiger charge is 2.43. The monoisotopic (exact) mass is 266 g/mol. The first-order chi connectivity index (χ1) is 9.15. The number of hydrogen-bond donors (Lipinski definition) is 2. The molecule has 4 heteroatoms. The lowest BCUT2D eigenvalue weighted by Crippen LogP contribution is -2.41. The van der Waals surface area contributed by atoms with Crippen LogP contribution in [0, 0.1) is 12.3 Å². The molecule has 0 aromatic heterocycles. The number of terminal acetylenes is 1. The van der Waals surface area contributed by atoms with Crippen LogP contribution >= 0.6 is 0 Å². The van der Waals surface area contributed by atoms with Gasteiger partial charge in [0.1, 0.15) is 0 Å². The van der Waals surface area contributed by atoms with E-state index < -0.39 is 12.2 Å². The molecule has 2 heterocycles. The Bertz CT molecular complexity index is 360. The highest BCUT2D eigenvalue weighted by atomic mass is 16.6. The van der Waals surface area contributed by atoms with E-state index in [9.17, 15) is 10.2 Å². The number of aliphatic hydroxyl groups excluding tert-OH is 2. The van der Waals surface area contributed by atoms with Crippen molar-refractivity contribution in [2.75, 3.05) is 0 Å². The Morgan fingerprint density at radius 1 is 1.16 bits per heavy atom. The minimum Gasteiger partial charge on any atom is -0.390 e. The first kappa shape index (κ1) is 14.5. The number of fused-ring (bicyclic) bond motifs is 2. The lowest BCUT2D eigenvalue weighted by Gasteiger charge is -2.30. The molecule has 0 aromatic rings. The third-order valence-corrected chi connectivity index (χ3v) is 3.90. The summed E-state index contributed by atoms with van der Waals surface area (Å²) >= 11 is 0. The molecule has 0 amide bonds. The van der Waals surface area contributed by atoms with Gasteiger partial charge in [0.15, 0.2) is 0 Å². The predicted octanol–water partition coefficient (Wildman–Crippen LogP) is 1.01. The smallest absolute Gasteiger partial charge is 0.0877 e. The number of aliphatic hydroxyl groups is 2. The van der Waals surface area contributed by atoms with E-state index in [4.69, 9.17) is 15.9 Å². The third-order valence-electron chi connectivity index (χ3n) is 3.90. The van der Waals surface area contributed by atoms with Crippen molar-refractivity contribution in [3.05, 3.63) is 12.2 Å². The molecule has 106 valence electrons. The van der Waals surface area contributed by atoms with Crippen molar-refractivity contribution in [3.8, 4) is 12.3 Å². The molecular weight excluding hydrogens is 244 g/mol. The normalized spacial score (nSPS) is 42.8. The summed E-state index contributed by atoms with van der Waals surface area (Å²) in [5.74, 6) is 2.45. The summed E-state index contributed by atoms with van der Waals surface area (Å²) < 4.78 is 11.8. The van der Waals surface area contributed by atoms with Crippen molar-refractivity contribution in [3.63, 3.8) is 0 Å². The van der Waals surface area contributed by atoms with Crippen LogP contribution in [0.1, 0.15) is 32.6 Å². The number of hydrogen-bond acceptors (Lipinski definition) is 4. The van der Waals surface area contributed by atoms with E-state index in [1.807, 2.05) is 13.0 Å². The van der Waals surface area contributed by atoms with E-state index in [0.717, 1.165) is 6.42 Å². The summed E-state index contributed by atoms with van der Waals surface area (Å²) in [6.07, 6.45) is 9.17. The van der Waals surface area contributed by atoms with Crippen molar-refractivity contribution < 1.29 is 19.7 Å². The van der Waals surface area contributed by atoms with Crippen molar-refractivity contribution >= 4 is 0 Å². The van der Waals surface area contributed by atoms with E-state index in [1.165, 1.54) is 0 Å². The van der Waals surface area contributed by atoms with Gasteiger partial charge in [-0.05, 0) is 18.9 Å². The van der Waals surface area contributed by atoms with E-state index in [1.54, 1.807) is 6.08 Å². The van der Waals surface area contributed by atoms with Gasteiger partial charge in [0, 0.05) is 12.8 Å². The zero-order valence-corrected chi connectivity index (χ0v) is 11.2. The lowest BCUT2D eigenvalue weighted by atomic mass is 9.96. The average molecular weight is 266 g/mol. The summed E-state index contributed by atoms with van der Waals surface area (Å²) in [6, 6.07) is 0. The second kappa shape index (κ2) is 6.53. The van der Waals surface area contributed by atoms with Crippen LogP contribution in [0.3, 0.4) is 0 Å². The summed E-state index contributed by atoms with van der Waals surface area (Å²) in [5.41, 5.74) is 0. The standard InChI is InChI=1S/C15H22O4/c1-3-5-6-7-13-15-9-14(19-13)11(17)8-10(16)12(4-2)18-15/h1,5-6,10-17H,4,7-9H2,2H3. The molecule has 2 fully saturated rings. The van der Waals surface area contributed by atoms with Crippen LogP contribution in [0.25, 0.3) is 0 Å². The molecule has 2 N–H and O–H groups in total. The molecule has 0 saturated carbocycles. The molecule has 6 atom stereocenters. The average Bonchev–Trinajstić information content (AvgIpc) is 2.79. The Kier molecular flexibility index (Phi) is 5.00. The Balaban J connectivity index is 2.07. The highest BCUT2D eigenvalue weighted by Crippen LogP contribution is 2.33. The SMILES string of the molecule is C#CC=CCC1OC2CC1OC(CC)C(O)CC2O. The van der Waals surface area contributed by atoms with Gasteiger partial charge in [-0.25, -0.2) is 0 Å². The van der Waals surface area contributed by atoms with Crippen molar-refractivity contribution in [2.24, 2.45) is 0 Å². The molecule has 6 unspecified atom stereocenters. The van der Waals surface area contributed by atoms with E-state index in [2.05, 4.69) is 5.92 Å². The second-order valence-electron chi connectivity index (χ2n) is 5.25. The molecule has 0 aromatic carbocycles. The fourth-order valence-electron chi connectivity index (χ4n) is 2.85. The van der Waals surface area contributed by atoms with Gasteiger partial charge in [-0.3, -0.25) is 0 Å². The van der Waals surface area contributed by atoms with Crippen LogP contribution in [0.5, 0.6) is 0 Å². The quantitative estimate of drug-likeness (QED) is 0.749. The van der Waals surface area contributed by atoms with E-state index in [0.29, 0.717) is 19.3 Å².